The third-order valence-electron chi connectivity index (χ3n) is 5.23. The van der Waals surface area contributed by atoms with Crippen LogP contribution in [0.3, 0.4) is 0 Å². The quantitative estimate of drug-likeness (QED) is 0.629. The summed E-state index contributed by atoms with van der Waals surface area (Å²) in [6, 6.07) is 0.705. The van der Waals surface area contributed by atoms with E-state index in [4.69, 9.17) is 0 Å². The van der Waals surface area contributed by atoms with Gasteiger partial charge >= 0.3 is 0 Å². The molecule has 0 amide bonds. The lowest BCUT2D eigenvalue weighted by Crippen LogP contribution is -2.63. The van der Waals surface area contributed by atoms with Gasteiger partial charge in [-0.25, -0.2) is 0 Å². The summed E-state index contributed by atoms with van der Waals surface area (Å²) < 4.78 is 0. The maximum atomic E-state index is 3.79. The van der Waals surface area contributed by atoms with E-state index < -0.39 is 0 Å². The molecule has 0 saturated carbocycles. The minimum atomic E-state index is 0.379. The molecule has 120 valence electrons. The fourth-order valence-electron chi connectivity index (χ4n) is 3.34. The van der Waals surface area contributed by atoms with Crippen molar-refractivity contribution in [3.05, 3.63) is 0 Å². The van der Waals surface area contributed by atoms with Gasteiger partial charge in [0, 0.05) is 24.7 Å². The van der Waals surface area contributed by atoms with E-state index in [-0.39, 0.29) is 0 Å². The van der Waals surface area contributed by atoms with Gasteiger partial charge in [-0.1, -0.05) is 53.4 Å². The molecule has 20 heavy (non-hydrogen) atoms. The topological polar surface area (TPSA) is 15.3 Å². The molecular weight excluding hydrogens is 244 g/mol. The Bertz CT molecular complexity index is 246. The summed E-state index contributed by atoms with van der Waals surface area (Å²) in [6.07, 6.45) is 9.54. The molecule has 0 aliphatic carbocycles. The molecule has 0 aromatic rings. The van der Waals surface area contributed by atoms with Crippen LogP contribution < -0.4 is 5.32 Å². The normalized spacial score (nSPS) is 23.4. The molecule has 2 nitrogen and oxygen atoms in total. The molecular formula is C18H38N2. The molecule has 1 fully saturated rings. The number of hydrogen-bond donors (Lipinski definition) is 1. The number of hydrogen-bond acceptors (Lipinski definition) is 2. The van der Waals surface area contributed by atoms with Crippen LogP contribution in [-0.4, -0.2) is 36.1 Å². The van der Waals surface area contributed by atoms with Gasteiger partial charge in [0.25, 0.3) is 0 Å². The summed E-state index contributed by atoms with van der Waals surface area (Å²) in [7, 11) is 0. The third kappa shape index (κ3) is 5.73. The van der Waals surface area contributed by atoms with E-state index in [1.54, 1.807) is 0 Å². The average Bonchev–Trinajstić information content (AvgIpc) is 2.44. The zero-order valence-corrected chi connectivity index (χ0v) is 14.7. The van der Waals surface area contributed by atoms with Gasteiger partial charge in [-0.15, -0.1) is 0 Å². The lowest BCUT2D eigenvalue weighted by Gasteiger charge is -2.46. The van der Waals surface area contributed by atoms with Gasteiger partial charge in [-0.3, -0.25) is 4.90 Å². The van der Waals surface area contributed by atoms with Gasteiger partial charge in [0.2, 0.25) is 0 Å². The minimum absolute atomic E-state index is 0.379. The zero-order valence-electron chi connectivity index (χ0n) is 14.7. The summed E-state index contributed by atoms with van der Waals surface area (Å²) in [5.41, 5.74) is 0.379. The third-order valence-corrected chi connectivity index (χ3v) is 5.23. The Kier molecular flexibility index (Phi) is 8.13. The van der Waals surface area contributed by atoms with E-state index in [2.05, 4.69) is 44.8 Å². The van der Waals surface area contributed by atoms with Crippen LogP contribution in [-0.2, 0) is 0 Å². The van der Waals surface area contributed by atoms with Gasteiger partial charge in [-0.05, 0) is 38.6 Å². The van der Waals surface area contributed by atoms with Crippen molar-refractivity contribution >= 4 is 0 Å². The highest BCUT2D eigenvalue weighted by molar-refractivity contribution is 4.95. The smallest absolute Gasteiger partial charge is 0.0304 e. The Morgan fingerprint density at radius 2 is 1.75 bits per heavy atom. The second-order valence-corrected chi connectivity index (χ2v) is 7.28. The molecule has 0 aromatic heterocycles. The fraction of sp³-hybridized carbons (Fsp3) is 1.00. The largest absolute Gasteiger partial charge is 0.308 e. The molecule has 0 spiro atoms. The first-order valence-electron chi connectivity index (χ1n) is 9.02. The van der Waals surface area contributed by atoms with E-state index >= 15 is 0 Å². The number of piperazine rings is 1. The van der Waals surface area contributed by atoms with Crippen molar-refractivity contribution < 1.29 is 0 Å². The van der Waals surface area contributed by atoms with Crippen molar-refractivity contribution in [2.45, 2.75) is 91.1 Å². The molecule has 1 aliphatic heterocycles. The number of nitrogens with zero attached hydrogens (tertiary/aromatic N) is 1. The Hall–Kier alpha value is -0.0800. The van der Waals surface area contributed by atoms with Gasteiger partial charge in [0.1, 0.15) is 0 Å². The van der Waals surface area contributed by atoms with E-state index in [0.717, 1.165) is 12.5 Å². The lowest BCUT2D eigenvalue weighted by atomic mass is 9.88. The molecule has 1 saturated heterocycles. The molecule has 1 heterocycles. The predicted molar refractivity (Wildman–Crippen MR) is 90.3 cm³/mol. The highest BCUT2D eigenvalue weighted by Crippen LogP contribution is 2.23. The van der Waals surface area contributed by atoms with E-state index in [1.165, 1.54) is 58.0 Å². The molecule has 1 rings (SSSR count). The highest BCUT2D eigenvalue weighted by Gasteiger charge is 2.34. The maximum Gasteiger partial charge on any atom is 0.0304 e. The number of unbranched alkanes of at least 4 members (excludes halogenated alkanes) is 3. The summed E-state index contributed by atoms with van der Waals surface area (Å²) in [6.45, 7) is 15.4. The Morgan fingerprint density at radius 3 is 2.35 bits per heavy atom. The molecule has 2 heteroatoms. The Balaban J connectivity index is 2.24. The Labute approximate surface area is 127 Å². The first-order valence-corrected chi connectivity index (χ1v) is 9.02. The van der Waals surface area contributed by atoms with Crippen LogP contribution in [0.2, 0.25) is 0 Å². The van der Waals surface area contributed by atoms with Crippen LogP contribution in [0, 0.1) is 5.92 Å². The molecule has 1 atom stereocenters. The predicted octanol–water partition coefficient (Wildman–Crippen LogP) is 4.45. The van der Waals surface area contributed by atoms with Crippen LogP contribution in [0.1, 0.15) is 79.6 Å². The highest BCUT2D eigenvalue weighted by atomic mass is 15.2. The van der Waals surface area contributed by atoms with Crippen LogP contribution in [0.5, 0.6) is 0 Å². The first-order chi connectivity index (χ1) is 9.53. The molecule has 1 N–H and O–H groups in total. The standard InChI is InChI=1S/C18H38N2/c1-6-18(7-2)15-20(17(5)14-19-18)13-11-9-8-10-12-16(3)4/h16-17,19H,6-15H2,1-5H3. The summed E-state index contributed by atoms with van der Waals surface area (Å²) in [5.74, 6) is 0.873. The molecule has 0 radical (unpaired) electrons. The van der Waals surface area contributed by atoms with Crippen LogP contribution in [0.15, 0.2) is 0 Å². The van der Waals surface area contributed by atoms with Gasteiger partial charge < -0.3 is 5.32 Å². The SMILES string of the molecule is CCC1(CC)CN(CCCCCCC(C)C)C(C)CN1. The summed E-state index contributed by atoms with van der Waals surface area (Å²) >= 11 is 0. The zero-order chi connectivity index (χ0) is 15.0. The van der Waals surface area contributed by atoms with Crippen LogP contribution in [0.4, 0.5) is 0 Å². The fourth-order valence-corrected chi connectivity index (χ4v) is 3.34. The maximum absolute atomic E-state index is 3.79. The first kappa shape index (κ1) is 18.0. The molecule has 0 bridgehead atoms. The van der Waals surface area contributed by atoms with E-state index in [1.807, 2.05) is 0 Å². The number of rotatable bonds is 9. The monoisotopic (exact) mass is 282 g/mol. The van der Waals surface area contributed by atoms with Gasteiger partial charge in [-0.2, -0.15) is 0 Å². The lowest BCUT2D eigenvalue weighted by molar-refractivity contribution is 0.0792. The van der Waals surface area contributed by atoms with Gasteiger partial charge in [0.05, 0.1) is 0 Å². The summed E-state index contributed by atoms with van der Waals surface area (Å²) in [4.78, 5) is 2.73. The van der Waals surface area contributed by atoms with Crippen molar-refractivity contribution in [1.82, 2.24) is 10.2 Å². The molecule has 0 aromatic carbocycles. The van der Waals surface area contributed by atoms with E-state index in [9.17, 15) is 0 Å². The van der Waals surface area contributed by atoms with Crippen molar-refractivity contribution in [3.8, 4) is 0 Å². The minimum Gasteiger partial charge on any atom is -0.308 e. The van der Waals surface area contributed by atoms with E-state index in [0.29, 0.717) is 11.6 Å². The van der Waals surface area contributed by atoms with Crippen LogP contribution in [0.25, 0.3) is 0 Å². The molecule has 1 unspecified atom stereocenters. The van der Waals surface area contributed by atoms with Crippen LogP contribution >= 0.6 is 0 Å². The van der Waals surface area contributed by atoms with Crippen molar-refractivity contribution in [2.75, 3.05) is 19.6 Å². The second-order valence-electron chi connectivity index (χ2n) is 7.28. The molecule has 1 aliphatic rings. The summed E-state index contributed by atoms with van der Waals surface area (Å²) in [5, 5.41) is 3.79. The average molecular weight is 283 g/mol. The van der Waals surface area contributed by atoms with Gasteiger partial charge in [0.15, 0.2) is 0 Å². The van der Waals surface area contributed by atoms with Crippen molar-refractivity contribution in [1.29, 1.82) is 0 Å². The number of nitrogens with one attached hydrogen (secondary N) is 1. The van der Waals surface area contributed by atoms with Crippen molar-refractivity contribution in [2.24, 2.45) is 5.92 Å². The van der Waals surface area contributed by atoms with Crippen molar-refractivity contribution in [3.63, 3.8) is 0 Å². The Morgan fingerprint density at radius 1 is 1.10 bits per heavy atom. The second kappa shape index (κ2) is 9.04.